The minimum atomic E-state index is -0.331. The standard InChI is InChI=1S/C9H10O3S/c1-6(10)8-3-4-13-9(8)5-12-7(2)11/h3-4H,5H2,1-2H3. The van der Waals surface area contributed by atoms with E-state index >= 15 is 0 Å². The highest BCUT2D eigenvalue weighted by molar-refractivity contribution is 7.10. The van der Waals surface area contributed by atoms with Gasteiger partial charge in [0.05, 0.1) is 4.88 Å². The van der Waals surface area contributed by atoms with Crippen molar-refractivity contribution in [3.05, 3.63) is 21.9 Å². The maximum Gasteiger partial charge on any atom is 0.302 e. The molecule has 1 rings (SSSR count). The summed E-state index contributed by atoms with van der Waals surface area (Å²) in [5, 5.41) is 1.82. The van der Waals surface area contributed by atoms with Crippen molar-refractivity contribution in [3.8, 4) is 0 Å². The third-order valence-electron chi connectivity index (χ3n) is 1.53. The number of carbonyl (C=O) groups is 2. The topological polar surface area (TPSA) is 43.4 Å². The Labute approximate surface area is 80.3 Å². The van der Waals surface area contributed by atoms with Gasteiger partial charge >= 0.3 is 5.97 Å². The van der Waals surface area contributed by atoms with Gasteiger partial charge in [-0.15, -0.1) is 11.3 Å². The molecular weight excluding hydrogens is 188 g/mol. The molecule has 4 heteroatoms. The van der Waals surface area contributed by atoms with E-state index in [1.807, 2.05) is 5.38 Å². The molecule has 0 saturated heterocycles. The van der Waals surface area contributed by atoms with Crippen molar-refractivity contribution in [1.29, 1.82) is 0 Å². The van der Waals surface area contributed by atoms with Gasteiger partial charge in [-0.2, -0.15) is 0 Å². The summed E-state index contributed by atoms with van der Waals surface area (Å²) in [5.41, 5.74) is 0.645. The van der Waals surface area contributed by atoms with Crippen molar-refractivity contribution in [3.63, 3.8) is 0 Å². The normalized spacial score (nSPS) is 9.69. The van der Waals surface area contributed by atoms with Crippen LogP contribution in [0.4, 0.5) is 0 Å². The molecule has 0 atom stereocenters. The lowest BCUT2D eigenvalue weighted by atomic mass is 10.2. The second kappa shape index (κ2) is 4.18. The van der Waals surface area contributed by atoms with Crippen molar-refractivity contribution in [1.82, 2.24) is 0 Å². The molecule has 3 nitrogen and oxygen atoms in total. The number of hydrogen-bond donors (Lipinski definition) is 0. The Kier molecular flexibility index (Phi) is 3.19. The number of carbonyl (C=O) groups excluding carboxylic acids is 2. The van der Waals surface area contributed by atoms with Crippen LogP contribution in [0.2, 0.25) is 0 Å². The van der Waals surface area contributed by atoms with E-state index in [1.165, 1.54) is 25.2 Å². The smallest absolute Gasteiger partial charge is 0.302 e. The van der Waals surface area contributed by atoms with Crippen molar-refractivity contribution >= 4 is 23.1 Å². The molecule has 1 aromatic heterocycles. The van der Waals surface area contributed by atoms with Crippen molar-refractivity contribution in [2.45, 2.75) is 20.5 Å². The molecule has 0 radical (unpaired) electrons. The fraction of sp³-hybridized carbons (Fsp3) is 0.333. The Balaban J connectivity index is 2.71. The summed E-state index contributed by atoms with van der Waals surface area (Å²) in [6, 6.07) is 1.74. The number of esters is 1. The lowest BCUT2D eigenvalue weighted by Gasteiger charge is -2.00. The van der Waals surface area contributed by atoms with Gasteiger partial charge in [-0.3, -0.25) is 9.59 Å². The van der Waals surface area contributed by atoms with Gasteiger partial charge in [0.2, 0.25) is 0 Å². The van der Waals surface area contributed by atoms with E-state index in [0.717, 1.165) is 4.88 Å². The summed E-state index contributed by atoms with van der Waals surface area (Å²) in [5.74, 6) is -0.327. The van der Waals surface area contributed by atoms with E-state index in [0.29, 0.717) is 5.56 Å². The van der Waals surface area contributed by atoms with Crippen molar-refractivity contribution < 1.29 is 14.3 Å². The fourth-order valence-electron chi connectivity index (χ4n) is 0.933. The quantitative estimate of drug-likeness (QED) is 0.551. The van der Waals surface area contributed by atoms with Gasteiger partial charge in [0.25, 0.3) is 0 Å². The van der Waals surface area contributed by atoms with E-state index in [9.17, 15) is 9.59 Å². The van der Waals surface area contributed by atoms with Crippen LogP contribution in [0, 0.1) is 0 Å². The molecule has 0 spiro atoms. The molecule has 1 aromatic rings. The molecule has 0 saturated carbocycles. The number of Topliss-reactive ketones (excluding diaryl/α,β-unsaturated/α-hetero) is 1. The molecule has 0 amide bonds. The first kappa shape index (κ1) is 9.92. The van der Waals surface area contributed by atoms with Gasteiger partial charge in [-0.25, -0.2) is 0 Å². The molecule has 0 aliphatic heterocycles. The minimum absolute atomic E-state index is 0.00315. The van der Waals surface area contributed by atoms with Crippen LogP contribution in [0.15, 0.2) is 11.4 Å². The highest BCUT2D eigenvalue weighted by Gasteiger charge is 2.09. The van der Waals surface area contributed by atoms with Gasteiger partial charge < -0.3 is 4.74 Å². The van der Waals surface area contributed by atoms with E-state index in [4.69, 9.17) is 4.74 Å². The molecule has 0 bridgehead atoms. The highest BCUT2D eigenvalue weighted by Crippen LogP contribution is 2.18. The predicted molar refractivity (Wildman–Crippen MR) is 49.8 cm³/mol. The predicted octanol–water partition coefficient (Wildman–Crippen LogP) is 2.01. The van der Waals surface area contributed by atoms with Crippen molar-refractivity contribution in [2.24, 2.45) is 0 Å². The van der Waals surface area contributed by atoms with E-state index in [2.05, 4.69) is 0 Å². The summed E-state index contributed by atoms with van der Waals surface area (Å²) >= 11 is 1.42. The maximum atomic E-state index is 11.0. The summed E-state index contributed by atoms with van der Waals surface area (Å²) in [6.07, 6.45) is 0. The first-order chi connectivity index (χ1) is 6.11. The fourth-order valence-corrected chi connectivity index (χ4v) is 1.77. The summed E-state index contributed by atoms with van der Waals surface area (Å²) in [6.45, 7) is 3.04. The first-order valence-corrected chi connectivity index (χ1v) is 4.70. The Bertz CT molecular complexity index is 327. The molecular formula is C9H10O3S. The first-order valence-electron chi connectivity index (χ1n) is 3.82. The molecule has 1 heterocycles. The Morgan fingerprint density at radius 2 is 2.15 bits per heavy atom. The molecule has 0 aliphatic rings. The van der Waals surface area contributed by atoms with Gasteiger partial charge in [0.15, 0.2) is 5.78 Å². The van der Waals surface area contributed by atoms with Gasteiger partial charge in [0.1, 0.15) is 6.61 Å². The molecule has 0 unspecified atom stereocenters. The number of thiophene rings is 1. The number of rotatable bonds is 3. The van der Waals surface area contributed by atoms with Crippen LogP contribution in [-0.4, -0.2) is 11.8 Å². The van der Waals surface area contributed by atoms with E-state index in [1.54, 1.807) is 6.07 Å². The van der Waals surface area contributed by atoms with Crippen LogP contribution in [-0.2, 0) is 16.1 Å². The maximum absolute atomic E-state index is 11.0. The third-order valence-corrected chi connectivity index (χ3v) is 2.43. The molecule has 70 valence electrons. The lowest BCUT2D eigenvalue weighted by Crippen LogP contribution is -2.01. The van der Waals surface area contributed by atoms with E-state index < -0.39 is 0 Å². The molecule has 0 aliphatic carbocycles. The molecule has 0 fully saturated rings. The van der Waals surface area contributed by atoms with Crippen molar-refractivity contribution in [2.75, 3.05) is 0 Å². The van der Waals surface area contributed by atoms with Crippen LogP contribution in [0.1, 0.15) is 29.1 Å². The largest absolute Gasteiger partial charge is 0.460 e. The van der Waals surface area contributed by atoms with Gasteiger partial charge in [0, 0.05) is 12.5 Å². The third kappa shape index (κ3) is 2.66. The van der Waals surface area contributed by atoms with Gasteiger partial charge in [-0.05, 0) is 18.4 Å². The van der Waals surface area contributed by atoms with Crippen LogP contribution < -0.4 is 0 Å². The van der Waals surface area contributed by atoms with Gasteiger partial charge in [-0.1, -0.05) is 0 Å². The second-order valence-corrected chi connectivity index (χ2v) is 3.59. The Morgan fingerprint density at radius 3 is 2.69 bits per heavy atom. The zero-order valence-corrected chi connectivity index (χ0v) is 8.31. The average Bonchev–Trinajstić information content (AvgIpc) is 2.47. The molecule has 13 heavy (non-hydrogen) atoms. The zero-order valence-electron chi connectivity index (χ0n) is 7.49. The summed E-state index contributed by atoms with van der Waals surface area (Å²) in [7, 11) is 0. The lowest BCUT2D eigenvalue weighted by molar-refractivity contribution is -0.142. The SMILES string of the molecule is CC(=O)OCc1sccc1C(C)=O. The number of ether oxygens (including phenoxy) is 1. The van der Waals surface area contributed by atoms with Crippen LogP contribution >= 0.6 is 11.3 Å². The Hall–Kier alpha value is -1.16. The highest BCUT2D eigenvalue weighted by atomic mass is 32.1. The monoisotopic (exact) mass is 198 g/mol. The average molecular weight is 198 g/mol. The molecule has 0 aromatic carbocycles. The van der Waals surface area contributed by atoms with Crippen LogP contribution in [0.3, 0.4) is 0 Å². The minimum Gasteiger partial charge on any atom is -0.460 e. The van der Waals surface area contributed by atoms with E-state index in [-0.39, 0.29) is 18.4 Å². The summed E-state index contributed by atoms with van der Waals surface area (Å²) in [4.78, 5) is 22.4. The number of ketones is 1. The summed E-state index contributed by atoms with van der Waals surface area (Å²) < 4.78 is 4.80. The molecule has 0 N–H and O–H groups in total. The Morgan fingerprint density at radius 1 is 1.46 bits per heavy atom. The second-order valence-electron chi connectivity index (χ2n) is 2.59. The van der Waals surface area contributed by atoms with Crippen LogP contribution in [0.25, 0.3) is 0 Å². The van der Waals surface area contributed by atoms with Crippen LogP contribution in [0.5, 0.6) is 0 Å². The number of hydrogen-bond acceptors (Lipinski definition) is 4. The zero-order chi connectivity index (χ0) is 9.84.